The molecule has 3 rings (SSSR count). The van der Waals surface area contributed by atoms with E-state index in [0.29, 0.717) is 17.2 Å². The third kappa shape index (κ3) is 2.09. The van der Waals surface area contributed by atoms with Gasteiger partial charge in [0.1, 0.15) is 23.7 Å². The van der Waals surface area contributed by atoms with Gasteiger partial charge in [0.25, 0.3) is 5.56 Å². The van der Waals surface area contributed by atoms with Crippen LogP contribution in [0.1, 0.15) is 5.82 Å². The van der Waals surface area contributed by atoms with E-state index in [0.717, 1.165) is 0 Å². The van der Waals surface area contributed by atoms with E-state index in [1.54, 1.807) is 7.05 Å². The Labute approximate surface area is 112 Å². The highest BCUT2D eigenvalue weighted by Crippen LogP contribution is 2.11. The number of H-pyrrole nitrogens is 2. The predicted molar refractivity (Wildman–Crippen MR) is 72.7 cm³/mol. The second kappa shape index (κ2) is 4.69. The van der Waals surface area contributed by atoms with Gasteiger partial charge in [0, 0.05) is 7.05 Å². The van der Waals surface area contributed by atoms with Gasteiger partial charge < -0.3 is 9.72 Å². The zero-order valence-corrected chi connectivity index (χ0v) is 10.7. The Morgan fingerprint density at radius 2 is 1.95 bits per heavy atom. The van der Waals surface area contributed by atoms with E-state index >= 15 is 0 Å². The normalized spacial score (nSPS) is 10.8. The molecule has 0 atom stereocenters. The van der Waals surface area contributed by atoms with Crippen LogP contribution in [0.15, 0.2) is 39.9 Å². The first-order valence-corrected chi connectivity index (χ1v) is 6.01. The Bertz CT molecular complexity index is 861. The topological polar surface area (TPSA) is 92.8 Å². The molecule has 2 heterocycles. The maximum absolute atomic E-state index is 11.7. The largest absolute Gasteiger partial charge is 0.486 e. The summed E-state index contributed by atoms with van der Waals surface area (Å²) < 4.78 is 6.82. The van der Waals surface area contributed by atoms with Crippen LogP contribution in [0.25, 0.3) is 11.2 Å². The molecule has 0 saturated heterocycles. The monoisotopic (exact) mass is 272 g/mol. The van der Waals surface area contributed by atoms with Crippen molar-refractivity contribution in [2.75, 3.05) is 0 Å². The van der Waals surface area contributed by atoms with Crippen molar-refractivity contribution in [1.29, 1.82) is 0 Å². The van der Waals surface area contributed by atoms with Crippen LogP contribution in [0.4, 0.5) is 0 Å². The van der Waals surface area contributed by atoms with Crippen LogP contribution in [0, 0.1) is 0 Å². The minimum atomic E-state index is -0.496. The van der Waals surface area contributed by atoms with Crippen LogP contribution in [0.2, 0.25) is 0 Å². The molecule has 0 spiro atoms. The zero-order chi connectivity index (χ0) is 14.1. The van der Waals surface area contributed by atoms with Crippen LogP contribution >= 0.6 is 0 Å². The van der Waals surface area contributed by atoms with E-state index in [1.807, 2.05) is 30.3 Å². The number of hydrogen-bond acceptors (Lipinski definition) is 4. The number of rotatable bonds is 3. The number of benzene rings is 1. The summed E-state index contributed by atoms with van der Waals surface area (Å²) in [6, 6.07) is 9.27. The van der Waals surface area contributed by atoms with E-state index in [4.69, 9.17) is 4.74 Å². The number of nitrogens with one attached hydrogen (secondary N) is 2. The van der Waals surface area contributed by atoms with Gasteiger partial charge in [-0.2, -0.15) is 0 Å². The standard InChI is InChI=1S/C13H12N4O3/c1-17-11-10(12(18)16-13(17)19)14-9(15-11)7-20-8-5-3-2-4-6-8/h2-6H,7H2,1H3,(H,14,15)(H,16,18,19). The molecular weight excluding hydrogens is 260 g/mol. The molecule has 102 valence electrons. The van der Waals surface area contributed by atoms with Gasteiger partial charge >= 0.3 is 5.69 Å². The minimum Gasteiger partial charge on any atom is -0.486 e. The molecule has 2 aromatic heterocycles. The Kier molecular flexibility index (Phi) is 2.86. The number of aromatic amines is 2. The molecule has 0 aliphatic carbocycles. The molecule has 0 saturated carbocycles. The molecule has 3 aromatic rings. The molecule has 20 heavy (non-hydrogen) atoms. The summed E-state index contributed by atoms with van der Waals surface area (Å²) in [7, 11) is 1.54. The zero-order valence-electron chi connectivity index (χ0n) is 10.7. The van der Waals surface area contributed by atoms with Crippen molar-refractivity contribution in [3.05, 3.63) is 57.0 Å². The number of aromatic nitrogens is 4. The van der Waals surface area contributed by atoms with Crippen LogP contribution in [-0.2, 0) is 13.7 Å². The van der Waals surface area contributed by atoms with E-state index < -0.39 is 11.2 Å². The average molecular weight is 272 g/mol. The van der Waals surface area contributed by atoms with Crippen LogP contribution in [0.5, 0.6) is 5.75 Å². The Hall–Kier alpha value is -2.83. The van der Waals surface area contributed by atoms with Crippen molar-refractivity contribution in [3.63, 3.8) is 0 Å². The first-order chi connectivity index (χ1) is 9.65. The average Bonchev–Trinajstić information content (AvgIpc) is 2.89. The maximum Gasteiger partial charge on any atom is 0.329 e. The maximum atomic E-state index is 11.7. The Morgan fingerprint density at radius 1 is 1.20 bits per heavy atom. The number of para-hydroxylation sites is 1. The van der Waals surface area contributed by atoms with Crippen LogP contribution in [-0.4, -0.2) is 19.5 Å². The first kappa shape index (κ1) is 12.2. The highest BCUT2D eigenvalue weighted by Gasteiger charge is 2.10. The Morgan fingerprint density at radius 3 is 2.70 bits per heavy atom. The summed E-state index contributed by atoms with van der Waals surface area (Å²) in [6.45, 7) is 0.187. The van der Waals surface area contributed by atoms with Gasteiger partial charge in [-0.1, -0.05) is 18.2 Å². The third-order valence-electron chi connectivity index (χ3n) is 2.92. The molecular formula is C13H12N4O3. The molecule has 7 heteroatoms. The molecule has 0 aliphatic heterocycles. The number of aryl methyl sites for hydroxylation is 1. The van der Waals surface area contributed by atoms with Crippen molar-refractivity contribution in [2.24, 2.45) is 7.05 Å². The third-order valence-corrected chi connectivity index (χ3v) is 2.92. The lowest BCUT2D eigenvalue weighted by atomic mass is 10.3. The van der Waals surface area contributed by atoms with Crippen molar-refractivity contribution >= 4 is 11.2 Å². The first-order valence-electron chi connectivity index (χ1n) is 6.01. The van der Waals surface area contributed by atoms with Crippen LogP contribution in [0.3, 0.4) is 0 Å². The van der Waals surface area contributed by atoms with Gasteiger partial charge in [-0.15, -0.1) is 0 Å². The van der Waals surface area contributed by atoms with E-state index in [2.05, 4.69) is 15.0 Å². The summed E-state index contributed by atoms with van der Waals surface area (Å²) in [5.74, 6) is 1.19. The minimum absolute atomic E-state index is 0.187. The lowest BCUT2D eigenvalue weighted by Gasteiger charge is -2.02. The van der Waals surface area contributed by atoms with Crippen molar-refractivity contribution < 1.29 is 4.74 Å². The van der Waals surface area contributed by atoms with Crippen molar-refractivity contribution in [3.8, 4) is 5.75 Å². The number of hydrogen-bond donors (Lipinski definition) is 2. The van der Waals surface area contributed by atoms with Crippen molar-refractivity contribution in [2.45, 2.75) is 6.61 Å². The summed E-state index contributed by atoms with van der Waals surface area (Å²) in [5.41, 5.74) is -0.407. The number of imidazole rings is 1. The van der Waals surface area contributed by atoms with Gasteiger partial charge in [-0.3, -0.25) is 14.3 Å². The molecule has 7 nitrogen and oxygen atoms in total. The van der Waals surface area contributed by atoms with E-state index in [9.17, 15) is 9.59 Å². The molecule has 0 unspecified atom stereocenters. The van der Waals surface area contributed by atoms with Crippen molar-refractivity contribution in [1.82, 2.24) is 19.5 Å². The van der Waals surface area contributed by atoms with E-state index in [-0.39, 0.29) is 12.1 Å². The van der Waals surface area contributed by atoms with Gasteiger partial charge in [0.15, 0.2) is 5.65 Å². The summed E-state index contributed by atoms with van der Waals surface area (Å²) in [6.07, 6.45) is 0. The second-order valence-electron chi connectivity index (χ2n) is 4.30. The lowest BCUT2D eigenvalue weighted by molar-refractivity contribution is 0.297. The van der Waals surface area contributed by atoms with Crippen LogP contribution < -0.4 is 16.0 Å². The molecule has 2 N–H and O–H groups in total. The molecule has 1 aromatic carbocycles. The summed E-state index contributed by atoms with van der Waals surface area (Å²) in [5, 5.41) is 0. The van der Waals surface area contributed by atoms with Gasteiger partial charge in [-0.05, 0) is 12.1 Å². The molecule has 0 fully saturated rings. The van der Waals surface area contributed by atoms with Gasteiger partial charge in [-0.25, -0.2) is 9.78 Å². The highest BCUT2D eigenvalue weighted by molar-refractivity contribution is 5.69. The molecule has 0 bridgehead atoms. The number of ether oxygens (including phenoxy) is 1. The quantitative estimate of drug-likeness (QED) is 0.727. The summed E-state index contributed by atoms with van der Waals surface area (Å²) >= 11 is 0. The smallest absolute Gasteiger partial charge is 0.329 e. The number of fused-ring (bicyclic) bond motifs is 1. The SMILES string of the molecule is Cn1c(=O)[nH]c(=O)c2[nH]c(COc3ccccc3)nc21. The Balaban J connectivity index is 1.94. The van der Waals surface area contributed by atoms with Gasteiger partial charge in [0.05, 0.1) is 0 Å². The molecule has 0 aliphatic rings. The highest BCUT2D eigenvalue weighted by atomic mass is 16.5. The second-order valence-corrected chi connectivity index (χ2v) is 4.30. The number of nitrogens with zero attached hydrogens (tertiary/aromatic N) is 2. The predicted octanol–water partition coefficient (Wildman–Crippen LogP) is 0.529. The molecule has 0 radical (unpaired) electrons. The fraction of sp³-hybridized carbons (Fsp3) is 0.154. The summed E-state index contributed by atoms with van der Waals surface area (Å²) in [4.78, 5) is 32.4. The molecule has 0 amide bonds. The lowest BCUT2D eigenvalue weighted by Crippen LogP contribution is -2.28. The fourth-order valence-corrected chi connectivity index (χ4v) is 1.89. The van der Waals surface area contributed by atoms with Gasteiger partial charge in [0.2, 0.25) is 0 Å². The van der Waals surface area contributed by atoms with E-state index in [1.165, 1.54) is 4.57 Å². The fourth-order valence-electron chi connectivity index (χ4n) is 1.89.